The predicted octanol–water partition coefficient (Wildman–Crippen LogP) is 1.36. The molecule has 0 unspecified atom stereocenters. The normalized spacial score (nSPS) is 11.6. The van der Waals surface area contributed by atoms with Crippen LogP contribution >= 0.6 is 0 Å². The maximum absolute atomic E-state index is 10.7. The highest BCUT2D eigenvalue weighted by Crippen LogP contribution is 2.30. The molecule has 0 spiro atoms. The number of carboxylic acids is 1. The molecule has 0 aliphatic rings. The fourth-order valence-corrected chi connectivity index (χ4v) is 1.18. The lowest BCUT2D eigenvalue weighted by Gasteiger charge is -2.14. The monoisotopic (exact) mass is 224 g/mol. The molecule has 0 aromatic heterocycles. The predicted molar refractivity (Wildman–Crippen MR) is 56.1 cm³/mol. The fraction of sp³-hybridized carbons (Fsp3) is 0.273. The van der Waals surface area contributed by atoms with Crippen molar-refractivity contribution in [2.75, 3.05) is 7.11 Å². The molecular formula is C11H12O5. The van der Waals surface area contributed by atoms with E-state index in [0.29, 0.717) is 11.8 Å². The van der Waals surface area contributed by atoms with E-state index in [4.69, 9.17) is 14.6 Å². The molecule has 1 rings (SSSR count). The molecule has 0 amide bonds. The third-order valence-electron chi connectivity index (χ3n) is 1.99. The van der Waals surface area contributed by atoms with Crippen LogP contribution in [0.5, 0.6) is 11.5 Å². The Hall–Kier alpha value is -2.04. The number of aldehydes is 1. The Morgan fingerprint density at radius 2 is 2.19 bits per heavy atom. The molecule has 16 heavy (non-hydrogen) atoms. The molecule has 0 fully saturated rings. The van der Waals surface area contributed by atoms with Gasteiger partial charge in [-0.1, -0.05) is 6.07 Å². The topological polar surface area (TPSA) is 72.8 Å². The summed E-state index contributed by atoms with van der Waals surface area (Å²) < 4.78 is 10.2. The van der Waals surface area contributed by atoms with Crippen LogP contribution < -0.4 is 9.47 Å². The number of benzene rings is 1. The number of para-hydroxylation sites is 1. The van der Waals surface area contributed by atoms with E-state index in [1.165, 1.54) is 14.0 Å². The smallest absolute Gasteiger partial charge is 0.344 e. The molecule has 0 aliphatic heterocycles. The third-order valence-corrected chi connectivity index (χ3v) is 1.99. The zero-order chi connectivity index (χ0) is 12.1. The van der Waals surface area contributed by atoms with E-state index in [-0.39, 0.29) is 11.5 Å². The standard InChI is InChI=1S/C11H12O5/c1-7(11(13)14)16-9-5-3-4-8(6-12)10(9)15-2/h3-7H,1-2H3,(H,13,14)/t7-/m0/s1. The van der Waals surface area contributed by atoms with Gasteiger partial charge in [-0.2, -0.15) is 0 Å². The Balaban J connectivity index is 3.03. The van der Waals surface area contributed by atoms with Crippen molar-refractivity contribution in [3.63, 3.8) is 0 Å². The second kappa shape index (κ2) is 5.16. The fourth-order valence-electron chi connectivity index (χ4n) is 1.18. The lowest BCUT2D eigenvalue weighted by Crippen LogP contribution is -2.23. The van der Waals surface area contributed by atoms with Crippen LogP contribution in [-0.4, -0.2) is 30.6 Å². The molecule has 0 saturated carbocycles. The highest BCUT2D eigenvalue weighted by Gasteiger charge is 2.16. The first-order chi connectivity index (χ1) is 7.60. The first kappa shape index (κ1) is 12.0. The summed E-state index contributed by atoms with van der Waals surface area (Å²) in [7, 11) is 1.39. The second-order valence-electron chi connectivity index (χ2n) is 3.09. The van der Waals surface area contributed by atoms with Gasteiger partial charge in [-0.3, -0.25) is 4.79 Å². The van der Waals surface area contributed by atoms with Gasteiger partial charge >= 0.3 is 5.97 Å². The van der Waals surface area contributed by atoms with E-state index in [1.54, 1.807) is 18.2 Å². The summed E-state index contributed by atoms with van der Waals surface area (Å²) in [4.78, 5) is 21.3. The van der Waals surface area contributed by atoms with Gasteiger partial charge in [0.05, 0.1) is 12.7 Å². The van der Waals surface area contributed by atoms with Crippen molar-refractivity contribution >= 4 is 12.3 Å². The van der Waals surface area contributed by atoms with Crippen molar-refractivity contribution in [3.8, 4) is 11.5 Å². The van der Waals surface area contributed by atoms with Crippen LogP contribution in [0, 0.1) is 0 Å². The number of ether oxygens (including phenoxy) is 2. The Morgan fingerprint density at radius 3 is 2.69 bits per heavy atom. The van der Waals surface area contributed by atoms with Gasteiger partial charge in [0.2, 0.25) is 0 Å². The van der Waals surface area contributed by atoms with E-state index in [0.717, 1.165) is 0 Å². The van der Waals surface area contributed by atoms with Gasteiger partial charge in [-0.15, -0.1) is 0 Å². The Labute approximate surface area is 92.6 Å². The van der Waals surface area contributed by atoms with E-state index in [9.17, 15) is 9.59 Å². The van der Waals surface area contributed by atoms with Gasteiger partial charge in [0, 0.05) is 0 Å². The largest absolute Gasteiger partial charge is 0.492 e. The third kappa shape index (κ3) is 2.50. The summed E-state index contributed by atoms with van der Waals surface area (Å²) >= 11 is 0. The van der Waals surface area contributed by atoms with E-state index < -0.39 is 12.1 Å². The number of carbonyl (C=O) groups is 2. The number of rotatable bonds is 5. The summed E-state index contributed by atoms with van der Waals surface area (Å²) in [5.41, 5.74) is 0.317. The summed E-state index contributed by atoms with van der Waals surface area (Å²) in [6.07, 6.45) is -0.382. The van der Waals surface area contributed by atoms with Crippen LogP contribution in [0.4, 0.5) is 0 Å². The zero-order valence-corrected chi connectivity index (χ0v) is 8.97. The Kier molecular flexibility index (Phi) is 3.88. The number of carbonyl (C=O) groups excluding carboxylic acids is 1. The van der Waals surface area contributed by atoms with Crippen molar-refractivity contribution in [1.82, 2.24) is 0 Å². The van der Waals surface area contributed by atoms with Gasteiger partial charge in [0.25, 0.3) is 0 Å². The van der Waals surface area contributed by atoms with Crippen LogP contribution in [0.3, 0.4) is 0 Å². The van der Waals surface area contributed by atoms with Crippen LogP contribution in [0.1, 0.15) is 17.3 Å². The summed E-state index contributed by atoms with van der Waals surface area (Å²) in [5.74, 6) is -0.605. The molecule has 5 nitrogen and oxygen atoms in total. The van der Waals surface area contributed by atoms with Crippen molar-refractivity contribution in [2.45, 2.75) is 13.0 Å². The SMILES string of the molecule is COc1c(C=O)cccc1O[C@@H](C)C(=O)O. The van der Waals surface area contributed by atoms with Gasteiger partial charge in [0.15, 0.2) is 23.9 Å². The molecule has 0 aliphatic carbocycles. The zero-order valence-electron chi connectivity index (χ0n) is 8.97. The van der Waals surface area contributed by atoms with Crippen molar-refractivity contribution in [3.05, 3.63) is 23.8 Å². The molecule has 0 bridgehead atoms. The first-order valence-corrected chi connectivity index (χ1v) is 4.61. The number of aliphatic carboxylic acids is 1. The number of methoxy groups -OCH3 is 1. The maximum Gasteiger partial charge on any atom is 0.344 e. The highest BCUT2D eigenvalue weighted by molar-refractivity contribution is 5.81. The molecule has 1 aromatic carbocycles. The minimum absolute atomic E-state index is 0.238. The summed E-state index contributed by atoms with van der Waals surface area (Å²) in [5, 5.41) is 8.70. The minimum atomic E-state index is -1.08. The number of carboxylic acid groups (broad SMARTS) is 1. The van der Waals surface area contributed by atoms with Crippen molar-refractivity contribution in [2.24, 2.45) is 0 Å². The molecule has 1 atom stereocenters. The van der Waals surface area contributed by atoms with Crippen molar-refractivity contribution in [1.29, 1.82) is 0 Å². The lowest BCUT2D eigenvalue weighted by atomic mass is 10.2. The maximum atomic E-state index is 10.7. The average Bonchev–Trinajstić information content (AvgIpc) is 2.28. The molecular weight excluding hydrogens is 212 g/mol. The summed E-state index contributed by atoms with van der Waals surface area (Å²) in [6, 6.07) is 4.70. The van der Waals surface area contributed by atoms with E-state index in [1.807, 2.05) is 0 Å². The first-order valence-electron chi connectivity index (χ1n) is 4.61. The molecule has 0 heterocycles. The van der Waals surface area contributed by atoms with Gasteiger partial charge in [0.1, 0.15) is 0 Å². The molecule has 86 valence electrons. The molecule has 0 saturated heterocycles. The quantitative estimate of drug-likeness (QED) is 0.764. The van der Waals surface area contributed by atoms with Gasteiger partial charge in [-0.25, -0.2) is 4.79 Å². The lowest BCUT2D eigenvalue weighted by molar-refractivity contribution is -0.144. The van der Waals surface area contributed by atoms with Crippen LogP contribution in [0.25, 0.3) is 0 Å². The molecule has 1 aromatic rings. The number of hydrogen-bond acceptors (Lipinski definition) is 4. The molecule has 0 radical (unpaired) electrons. The highest BCUT2D eigenvalue weighted by atomic mass is 16.5. The van der Waals surface area contributed by atoms with Crippen LogP contribution in [0.2, 0.25) is 0 Å². The van der Waals surface area contributed by atoms with E-state index >= 15 is 0 Å². The van der Waals surface area contributed by atoms with Gasteiger partial charge < -0.3 is 14.6 Å². The van der Waals surface area contributed by atoms with Crippen LogP contribution in [0.15, 0.2) is 18.2 Å². The Bertz CT molecular complexity index is 399. The summed E-state index contributed by atoms with van der Waals surface area (Å²) in [6.45, 7) is 1.40. The van der Waals surface area contributed by atoms with Crippen molar-refractivity contribution < 1.29 is 24.2 Å². The molecule has 1 N–H and O–H groups in total. The Morgan fingerprint density at radius 1 is 1.50 bits per heavy atom. The second-order valence-corrected chi connectivity index (χ2v) is 3.09. The molecule has 5 heteroatoms. The number of hydrogen-bond donors (Lipinski definition) is 1. The van der Waals surface area contributed by atoms with Gasteiger partial charge in [-0.05, 0) is 19.1 Å². The average molecular weight is 224 g/mol. The van der Waals surface area contributed by atoms with E-state index in [2.05, 4.69) is 0 Å². The minimum Gasteiger partial charge on any atom is -0.492 e. The van der Waals surface area contributed by atoms with Crippen LogP contribution in [-0.2, 0) is 4.79 Å².